The second-order valence-electron chi connectivity index (χ2n) is 12.3. The monoisotopic (exact) mass is 538 g/mol. The van der Waals surface area contributed by atoms with Crippen molar-refractivity contribution in [1.29, 1.82) is 5.26 Å². The molecule has 1 aliphatic carbocycles. The number of rotatable bonds is 5. The molecule has 7 nitrogen and oxygen atoms in total. The van der Waals surface area contributed by atoms with Crippen LogP contribution in [0.1, 0.15) is 63.9 Å². The zero-order valence-corrected chi connectivity index (χ0v) is 24.0. The predicted octanol–water partition coefficient (Wildman–Crippen LogP) is 5.57. The van der Waals surface area contributed by atoms with Gasteiger partial charge in [0.15, 0.2) is 0 Å². The van der Waals surface area contributed by atoms with E-state index in [1.165, 1.54) is 41.8 Å². The summed E-state index contributed by atoms with van der Waals surface area (Å²) in [6, 6.07) is 16.5. The summed E-state index contributed by atoms with van der Waals surface area (Å²) >= 11 is 0. The van der Waals surface area contributed by atoms with Gasteiger partial charge in [-0.15, -0.1) is 0 Å². The molecule has 210 valence electrons. The van der Waals surface area contributed by atoms with Crippen LogP contribution in [0.25, 0.3) is 16.6 Å². The molecule has 0 N–H and O–H groups in total. The maximum absolute atomic E-state index is 13.1. The Morgan fingerprint density at radius 3 is 2.40 bits per heavy atom. The number of hydrogen-bond acceptors (Lipinski definition) is 5. The Hall–Kier alpha value is -3.37. The first kappa shape index (κ1) is 26.8. The lowest BCUT2D eigenvalue weighted by Gasteiger charge is -2.38. The van der Waals surface area contributed by atoms with Crippen LogP contribution in [0, 0.1) is 23.2 Å². The van der Waals surface area contributed by atoms with Crippen LogP contribution >= 0.6 is 0 Å². The Morgan fingerprint density at radius 1 is 0.950 bits per heavy atom. The molecule has 3 fully saturated rings. The lowest BCUT2D eigenvalue weighted by Crippen LogP contribution is -2.50. The van der Waals surface area contributed by atoms with Crippen molar-refractivity contribution < 1.29 is 4.79 Å². The number of piperazine rings is 1. The van der Waals surface area contributed by atoms with Gasteiger partial charge in [0, 0.05) is 68.6 Å². The number of hydrogen-bond donors (Lipinski definition) is 0. The van der Waals surface area contributed by atoms with Crippen LogP contribution in [-0.4, -0.2) is 70.6 Å². The minimum atomic E-state index is 0.0932. The molecule has 6 rings (SSSR count). The summed E-state index contributed by atoms with van der Waals surface area (Å²) < 4.78 is 1.99. The van der Waals surface area contributed by atoms with E-state index < -0.39 is 0 Å². The third-order valence-corrected chi connectivity index (χ3v) is 9.58. The van der Waals surface area contributed by atoms with Crippen molar-refractivity contribution in [2.45, 2.75) is 64.3 Å². The Labute approximate surface area is 238 Å². The minimum Gasteiger partial charge on any atom is -0.366 e. The number of anilines is 1. The number of fused-ring (bicyclic) bond motifs is 1. The first-order valence-electron chi connectivity index (χ1n) is 15.3. The van der Waals surface area contributed by atoms with Crippen molar-refractivity contribution in [2.24, 2.45) is 11.8 Å². The van der Waals surface area contributed by atoms with Crippen molar-refractivity contribution in [3.05, 3.63) is 54.4 Å². The molecule has 40 heavy (non-hydrogen) atoms. The van der Waals surface area contributed by atoms with Crippen molar-refractivity contribution in [2.75, 3.05) is 44.2 Å². The summed E-state index contributed by atoms with van der Waals surface area (Å²) in [6.07, 6.45) is 9.98. The second-order valence-corrected chi connectivity index (χ2v) is 12.3. The molecule has 1 aromatic carbocycles. The zero-order chi connectivity index (χ0) is 27.6. The molecule has 3 aromatic rings. The van der Waals surface area contributed by atoms with Crippen LogP contribution in [0.2, 0.25) is 0 Å². The molecule has 0 unspecified atom stereocenters. The Kier molecular flexibility index (Phi) is 7.80. The molecule has 2 saturated heterocycles. The first-order chi connectivity index (χ1) is 19.5. The summed E-state index contributed by atoms with van der Waals surface area (Å²) in [6.45, 7) is 10.1. The predicted molar refractivity (Wildman–Crippen MR) is 159 cm³/mol. The molecular formula is C33H42N6O. The van der Waals surface area contributed by atoms with Crippen molar-refractivity contribution in [3.63, 3.8) is 0 Å². The average Bonchev–Trinajstić information content (AvgIpc) is 3.46. The molecule has 7 heteroatoms. The van der Waals surface area contributed by atoms with Gasteiger partial charge in [0.25, 0.3) is 0 Å². The number of likely N-dealkylation sites (tertiary alicyclic amines) is 1. The highest BCUT2D eigenvalue weighted by Crippen LogP contribution is 2.33. The molecule has 0 radical (unpaired) electrons. The van der Waals surface area contributed by atoms with Gasteiger partial charge in [-0.2, -0.15) is 10.4 Å². The Morgan fingerprint density at radius 2 is 1.70 bits per heavy atom. The smallest absolute Gasteiger partial charge is 0.225 e. The molecule has 1 atom stereocenters. The average molecular weight is 539 g/mol. The van der Waals surface area contributed by atoms with Gasteiger partial charge >= 0.3 is 0 Å². The number of carbonyl (C=O) groups excluding carboxylic acids is 1. The van der Waals surface area contributed by atoms with E-state index >= 15 is 0 Å². The van der Waals surface area contributed by atoms with E-state index in [-0.39, 0.29) is 17.7 Å². The van der Waals surface area contributed by atoms with E-state index in [9.17, 15) is 4.79 Å². The van der Waals surface area contributed by atoms with Gasteiger partial charge in [-0.3, -0.25) is 4.79 Å². The van der Waals surface area contributed by atoms with E-state index in [1.54, 1.807) is 0 Å². The maximum Gasteiger partial charge on any atom is 0.225 e. The van der Waals surface area contributed by atoms with Gasteiger partial charge in [0.1, 0.15) is 0 Å². The van der Waals surface area contributed by atoms with Crippen LogP contribution < -0.4 is 4.90 Å². The summed E-state index contributed by atoms with van der Waals surface area (Å²) in [5.41, 5.74) is 6.13. The van der Waals surface area contributed by atoms with Gasteiger partial charge in [-0.1, -0.05) is 24.3 Å². The molecule has 2 aliphatic heterocycles. The molecule has 3 aliphatic rings. The molecular weight excluding hydrogens is 496 g/mol. The van der Waals surface area contributed by atoms with Gasteiger partial charge < -0.3 is 14.7 Å². The molecule has 4 heterocycles. The van der Waals surface area contributed by atoms with Gasteiger partial charge in [-0.05, 0) is 88.1 Å². The third-order valence-electron chi connectivity index (χ3n) is 9.58. The largest absolute Gasteiger partial charge is 0.366 e. The SMILES string of the molecule is CC(C)N1CCC[C@H](c2ccc(-c3cc4c(N5CCN(C(=O)C6CCC(C#N)CC6)CC5)ccnn4c3)cc2)C1. The fourth-order valence-electron chi connectivity index (χ4n) is 7.02. The van der Waals surface area contributed by atoms with E-state index in [4.69, 9.17) is 5.26 Å². The van der Waals surface area contributed by atoms with Crippen LogP contribution in [-0.2, 0) is 4.79 Å². The standard InChI is InChI=1S/C33H42N6O/c1-24(2)38-15-3-4-29(22-38)26-9-11-27(12-10-26)30-20-32-31(13-14-35-39(32)23-30)36-16-18-37(19-17-36)33(40)28-7-5-25(21-34)6-8-28/h9-14,20,23-25,28-29H,3-8,15-19,22H2,1-2H3/t25?,28?,29-/m0/s1. The summed E-state index contributed by atoms with van der Waals surface area (Å²) in [4.78, 5) is 20.2. The highest BCUT2D eigenvalue weighted by atomic mass is 16.2. The first-order valence-corrected chi connectivity index (χ1v) is 15.3. The topological polar surface area (TPSA) is 67.9 Å². The van der Waals surface area contributed by atoms with E-state index in [0.29, 0.717) is 12.0 Å². The Bertz CT molecular complexity index is 1360. The third kappa shape index (κ3) is 5.47. The number of piperidine rings is 1. The fourth-order valence-corrected chi connectivity index (χ4v) is 7.02. The molecule has 0 bridgehead atoms. The number of nitriles is 1. The lowest BCUT2D eigenvalue weighted by molar-refractivity contribution is -0.137. The van der Waals surface area contributed by atoms with Gasteiger partial charge in [0.05, 0.1) is 17.3 Å². The van der Waals surface area contributed by atoms with E-state index in [1.807, 2.05) is 15.6 Å². The number of carbonyl (C=O) groups is 1. The number of aromatic nitrogens is 2. The van der Waals surface area contributed by atoms with E-state index in [2.05, 4.69) is 77.4 Å². The zero-order valence-electron chi connectivity index (χ0n) is 24.0. The van der Waals surface area contributed by atoms with Crippen molar-refractivity contribution >= 4 is 17.1 Å². The molecule has 1 saturated carbocycles. The molecule has 0 spiro atoms. The van der Waals surface area contributed by atoms with Crippen LogP contribution in [0.15, 0.2) is 48.8 Å². The van der Waals surface area contributed by atoms with Crippen molar-refractivity contribution in [3.8, 4) is 17.2 Å². The van der Waals surface area contributed by atoms with Crippen LogP contribution in [0.4, 0.5) is 5.69 Å². The number of nitrogens with zero attached hydrogens (tertiary/aromatic N) is 6. The second kappa shape index (κ2) is 11.6. The van der Waals surface area contributed by atoms with Crippen LogP contribution in [0.5, 0.6) is 0 Å². The molecule has 1 amide bonds. The summed E-state index contributed by atoms with van der Waals surface area (Å²) in [5.74, 6) is 1.13. The number of benzene rings is 1. The van der Waals surface area contributed by atoms with E-state index in [0.717, 1.165) is 63.9 Å². The number of amides is 1. The summed E-state index contributed by atoms with van der Waals surface area (Å²) in [7, 11) is 0. The van der Waals surface area contributed by atoms with Crippen LogP contribution in [0.3, 0.4) is 0 Å². The maximum atomic E-state index is 13.1. The van der Waals surface area contributed by atoms with Gasteiger partial charge in [0.2, 0.25) is 5.91 Å². The molecule has 2 aromatic heterocycles. The van der Waals surface area contributed by atoms with Gasteiger partial charge in [-0.25, -0.2) is 4.52 Å². The normalized spacial score (nSPS) is 24.4. The lowest BCUT2D eigenvalue weighted by atomic mass is 9.82. The quantitative estimate of drug-likeness (QED) is 0.425. The van der Waals surface area contributed by atoms with Crippen molar-refractivity contribution in [1.82, 2.24) is 19.4 Å². The highest BCUT2D eigenvalue weighted by Gasteiger charge is 2.31. The summed E-state index contributed by atoms with van der Waals surface area (Å²) in [5, 5.41) is 13.8. The fraction of sp³-hybridized carbons (Fsp3) is 0.545. The minimum absolute atomic E-state index is 0.0932. The Balaban J connectivity index is 1.12. The highest BCUT2D eigenvalue weighted by molar-refractivity contribution is 5.81.